The van der Waals surface area contributed by atoms with Crippen molar-refractivity contribution in [1.82, 2.24) is 4.90 Å². The third-order valence-corrected chi connectivity index (χ3v) is 5.58. The molecular formula is C23H26N4O4. The number of hydrogen-bond donors (Lipinski definition) is 2. The lowest BCUT2D eigenvalue weighted by Crippen LogP contribution is -2.40. The molecule has 1 atom stereocenters. The lowest BCUT2D eigenvalue weighted by atomic mass is 9.89. The molecule has 2 aromatic rings. The number of likely N-dealkylation sites (N-methyl/N-ethyl adjacent to an activating group) is 1. The van der Waals surface area contributed by atoms with Crippen molar-refractivity contribution in [3.8, 4) is 0 Å². The summed E-state index contributed by atoms with van der Waals surface area (Å²) in [7, 11) is 1.58. The minimum Gasteiger partial charge on any atom is -0.378 e. The Morgan fingerprint density at radius 2 is 1.84 bits per heavy atom. The number of nitrogens with one attached hydrogen (secondary N) is 2. The van der Waals surface area contributed by atoms with E-state index in [4.69, 9.17) is 4.74 Å². The van der Waals surface area contributed by atoms with Crippen LogP contribution in [0.1, 0.15) is 17.9 Å². The van der Waals surface area contributed by atoms with Gasteiger partial charge >= 0.3 is 0 Å². The number of hydrogen-bond acceptors (Lipinski definition) is 5. The first kappa shape index (κ1) is 20.9. The van der Waals surface area contributed by atoms with Crippen LogP contribution < -0.4 is 15.5 Å². The summed E-state index contributed by atoms with van der Waals surface area (Å²) in [6, 6.07) is 14.9. The number of para-hydroxylation sites is 1. The molecule has 2 aliphatic heterocycles. The van der Waals surface area contributed by atoms with Crippen molar-refractivity contribution in [3.63, 3.8) is 0 Å². The maximum atomic E-state index is 13.0. The summed E-state index contributed by atoms with van der Waals surface area (Å²) in [6.45, 7) is 3.03. The van der Waals surface area contributed by atoms with Crippen LogP contribution in [0, 0.1) is 0 Å². The number of rotatable bonds is 5. The van der Waals surface area contributed by atoms with Crippen molar-refractivity contribution in [2.24, 2.45) is 0 Å². The highest BCUT2D eigenvalue weighted by molar-refractivity contribution is 6.02. The van der Waals surface area contributed by atoms with Crippen LogP contribution in [-0.2, 0) is 19.1 Å². The minimum atomic E-state index is -0.587. The molecule has 1 unspecified atom stereocenters. The Bertz CT molecular complexity index is 970. The van der Waals surface area contributed by atoms with Crippen LogP contribution in [0.2, 0.25) is 0 Å². The molecular weight excluding hydrogens is 396 g/mol. The van der Waals surface area contributed by atoms with E-state index in [0.717, 1.165) is 24.3 Å². The first-order valence-electron chi connectivity index (χ1n) is 10.4. The maximum Gasteiger partial charge on any atom is 0.243 e. The molecule has 0 saturated carbocycles. The zero-order valence-electron chi connectivity index (χ0n) is 17.5. The van der Waals surface area contributed by atoms with Gasteiger partial charge in [-0.3, -0.25) is 14.4 Å². The fourth-order valence-corrected chi connectivity index (χ4v) is 3.97. The van der Waals surface area contributed by atoms with Gasteiger partial charge in [-0.05, 0) is 35.9 Å². The van der Waals surface area contributed by atoms with Crippen molar-refractivity contribution >= 4 is 34.8 Å². The van der Waals surface area contributed by atoms with E-state index in [9.17, 15) is 14.4 Å². The molecule has 0 aliphatic carbocycles. The van der Waals surface area contributed by atoms with E-state index in [1.165, 1.54) is 4.90 Å². The molecule has 4 rings (SSSR count). The Labute approximate surface area is 181 Å². The molecule has 2 aromatic carbocycles. The quantitative estimate of drug-likeness (QED) is 0.770. The van der Waals surface area contributed by atoms with E-state index >= 15 is 0 Å². The summed E-state index contributed by atoms with van der Waals surface area (Å²) >= 11 is 0. The molecule has 31 heavy (non-hydrogen) atoms. The third-order valence-electron chi connectivity index (χ3n) is 5.58. The first-order chi connectivity index (χ1) is 15.0. The number of carbonyl (C=O) groups is 3. The number of ether oxygens (including phenoxy) is 1. The lowest BCUT2D eigenvalue weighted by Gasteiger charge is -2.29. The van der Waals surface area contributed by atoms with Gasteiger partial charge in [-0.25, -0.2) is 0 Å². The van der Waals surface area contributed by atoms with Crippen LogP contribution in [0.4, 0.5) is 17.1 Å². The van der Waals surface area contributed by atoms with E-state index < -0.39 is 5.92 Å². The molecule has 2 heterocycles. The Kier molecular flexibility index (Phi) is 6.18. The Hall–Kier alpha value is -3.39. The topological polar surface area (TPSA) is 91.0 Å². The van der Waals surface area contributed by atoms with Gasteiger partial charge in [-0.2, -0.15) is 0 Å². The van der Waals surface area contributed by atoms with Crippen LogP contribution in [0.25, 0.3) is 0 Å². The van der Waals surface area contributed by atoms with Gasteiger partial charge in [0, 0.05) is 43.6 Å². The van der Waals surface area contributed by atoms with Crippen molar-refractivity contribution in [2.75, 3.05) is 55.4 Å². The number of nitrogens with zero attached hydrogens (tertiary/aromatic N) is 2. The summed E-state index contributed by atoms with van der Waals surface area (Å²) in [5, 5.41) is 5.62. The molecule has 0 spiro atoms. The summed E-state index contributed by atoms with van der Waals surface area (Å²) in [5.74, 6) is -1.32. The predicted molar refractivity (Wildman–Crippen MR) is 118 cm³/mol. The monoisotopic (exact) mass is 422 g/mol. The van der Waals surface area contributed by atoms with E-state index in [1.54, 1.807) is 13.1 Å². The minimum absolute atomic E-state index is 0.0742. The van der Waals surface area contributed by atoms with Crippen molar-refractivity contribution in [3.05, 3.63) is 54.1 Å². The molecule has 0 aromatic heterocycles. The Morgan fingerprint density at radius 3 is 2.58 bits per heavy atom. The second-order valence-corrected chi connectivity index (χ2v) is 7.78. The van der Waals surface area contributed by atoms with Crippen LogP contribution in [-0.4, -0.2) is 62.5 Å². The molecule has 2 aliphatic rings. The molecule has 8 nitrogen and oxygen atoms in total. The second kappa shape index (κ2) is 9.18. The Balaban J connectivity index is 1.35. The van der Waals surface area contributed by atoms with Gasteiger partial charge in [-0.1, -0.05) is 18.2 Å². The summed E-state index contributed by atoms with van der Waals surface area (Å²) in [4.78, 5) is 41.1. The molecule has 3 amide bonds. The highest BCUT2D eigenvalue weighted by Crippen LogP contribution is 2.33. The predicted octanol–water partition coefficient (Wildman–Crippen LogP) is 2.05. The normalized spacial score (nSPS) is 18.0. The summed E-state index contributed by atoms with van der Waals surface area (Å²) in [5.41, 5.74) is 3.18. The highest BCUT2D eigenvalue weighted by atomic mass is 16.5. The molecule has 8 heteroatoms. The molecule has 0 radical (unpaired) electrons. The fourth-order valence-electron chi connectivity index (χ4n) is 3.97. The Morgan fingerprint density at radius 1 is 1.13 bits per heavy atom. The number of fused-ring (bicyclic) bond motifs is 1. The van der Waals surface area contributed by atoms with Crippen LogP contribution in [0.5, 0.6) is 0 Å². The molecule has 1 saturated heterocycles. The van der Waals surface area contributed by atoms with E-state index in [-0.39, 0.29) is 30.7 Å². The van der Waals surface area contributed by atoms with E-state index in [0.29, 0.717) is 24.6 Å². The van der Waals surface area contributed by atoms with Gasteiger partial charge in [-0.15, -0.1) is 0 Å². The highest BCUT2D eigenvalue weighted by Gasteiger charge is 2.32. The molecule has 1 fully saturated rings. The number of morpholine rings is 1. The third kappa shape index (κ3) is 4.86. The molecule has 162 valence electrons. The summed E-state index contributed by atoms with van der Waals surface area (Å²) in [6.07, 6.45) is 0.0742. The number of anilines is 3. The van der Waals surface area contributed by atoms with Crippen LogP contribution >= 0.6 is 0 Å². The van der Waals surface area contributed by atoms with Gasteiger partial charge in [0.15, 0.2) is 0 Å². The van der Waals surface area contributed by atoms with E-state index in [1.807, 2.05) is 42.5 Å². The molecule has 2 N–H and O–H groups in total. The number of amides is 3. The van der Waals surface area contributed by atoms with Gasteiger partial charge in [0.1, 0.15) is 0 Å². The van der Waals surface area contributed by atoms with Gasteiger partial charge < -0.3 is 25.2 Å². The zero-order valence-corrected chi connectivity index (χ0v) is 17.5. The van der Waals surface area contributed by atoms with Gasteiger partial charge in [0.2, 0.25) is 17.7 Å². The maximum absolute atomic E-state index is 13.0. The van der Waals surface area contributed by atoms with Gasteiger partial charge in [0.05, 0.1) is 25.7 Å². The van der Waals surface area contributed by atoms with Crippen LogP contribution in [0.15, 0.2) is 48.5 Å². The average Bonchev–Trinajstić information content (AvgIpc) is 2.79. The van der Waals surface area contributed by atoms with Crippen molar-refractivity contribution in [1.29, 1.82) is 0 Å². The SMILES string of the molecule is CN(CC(=O)Nc1ccc(N2CCOCC2)cc1)C(=O)C1CC(=O)Nc2ccccc21. The zero-order chi connectivity index (χ0) is 21.8. The van der Waals surface area contributed by atoms with Crippen molar-refractivity contribution < 1.29 is 19.1 Å². The first-order valence-corrected chi connectivity index (χ1v) is 10.4. The summed E-state index contributed by atoms with van der Waals surface area (Å²) < 4.78 is 5.37. The van der Waals surface area contributed by atoms with Gasteiger partial charge in [0.25, 0.3) is 0 Å². The van der Waals surface area contributed by atoms with E-state index in [2.05, 4.69) is 15.5 Å². The largest absolute Gasteiger partial charge is 0.378 e. The fraction of sp³-hybridized carbons (Fsp3) is 0.348. The van der Waals surface area contributed by atoms with Crippen molar-refractivity contribution in [2.45, 2.75) is 12.3 Å². The number of benzene rings is 2. The number of carbonyl (C=O) groups excluding carboxylic acids is 3. The smallest absolute Gasteiger partial charge is 0.243 e. The molecule has 0 bridgehead atoms. The van der Waals surface area contributed by atoms with Crippen LogP contribution in [0.3, 0.4) is 0 Å². The lowest BCUT2D eigenvalue weighted by molar-refractivity contribution is -0.136. The standard InChI is InChI=1S/C23H26N4O4/c1-26(23(30)19-14-21(28)25-20-5-3-2-4-18(19)20)15-22(29)24-16-6-8-17(9-7-16)27-10-12-31-13-11-27/h2-9,19H,10-15H2,1H3,(H,24,29)(H,25,28). The second-order valence-electron chi connectivity index (χ2n) is 7.78. The average molecular weight is 422 g/mol.